The van der Waals surface area contributed by atoms with E-state index >= 15 is 0 Å². The maximum Gasteiger partial charge on any atom is 0.209 e. The summed E-state index contributed by atoms with van der Waals surface area (Å²) >= 11 is 1.41. The van der Waals surface area contributed by atoms with Crippen molar-refractivity contribution in [3.63, 3.8) is 0 Å². The van der Waals surface area contributed by atoms with Gasteiger partial charge in [-0.15, -0.1) is 28.3 Å². The highest BCUT2D eigenvalue weighted by molar-refractivity contribution is 8.93. The van der Waals surface area contributed by atoms with Gasteiger partial charge in [0.1, 0.15) is 5.76 Å². The van der Waals surface area contributed by atoms with Crippen LogP contribution in [0.5, 0.6) is 0 Å². The Morgan fingerprint density at radius 2 is 1.96 bits per heavy atom. The molecule has 1 N–H and O–H groups in total. The molecule has 0 unspecified atom stereocenters. The zero-order valence-electron chi connectivity index (χ0n) is 13.5. The van der Waals surface area contributed by atoms with Gasteiger partial charge < -0.3 is 5.11 Å². The molecular weight excluding hydrogens is 388 g/mol. The second-order valence-corrected chi connectivity index (χ2v) is 7.28. The number of thiazole rings is 1. The number of Topliss-reactive ketones (excluding diaryl/α,β-unsaturated/α-hetero) is 1. The van der Waals surface area contributed by atoms with Crippen LogP contribution in [0.15, 0.2) is 52.0 Å². The first kappa shape index (κ1) is 18.5. The normalized spacial score (nSPS) is 17.2. The average Bonchev–Trinajstić information content (AvgIpc) is 2.95. The zero-order chi connectivity index (χ0) is 16.4. The number of aliphatic hydroxyl groups excluding tert-OH is 1. The molecule has 0 saturated heterocycles. The summed E-state index contributed by atoms with van der Waals surface area (Å²) in [6, 6.07) is 9.86. The van der Waals surface area contributed by atoms with Crippen molar-refractivity contribution in [3.05, 3.63) is 47.0 Å². The Bertz CT molecular complexity index is 794. The summed E-state index contributed by atoms with van der Waals surface area (Å²) in [6.07, 6.45) is 2.36. The van der Waals surface area contributed by atoms with E-state index in [2.05, 4.69) is 9.98 Å². The van der Waals surface area contributed by atoms with Gasteiger partial charge in [-0.05, 0) is 5.41 Å². The molecule has 1 aliphatic rings. The molecule has 0 saturated carbocycles. The molecule has 0 bridgehead atoms. The van der Waals surface area contributed by atoms with Gasteiger partial charge in [0.2, 0.25) is 5.13 Å². The highest BCUT2D eigenvalue weighted by atomic mass is 79.9. The second kappa shape index (κ2) is 7.40. The highest BCUT2D eigenvalue weighted by Crippen LogP contribution is 2.35. The zero-order valence-corrected chi connectivity index (χ0v) is 16.1. The third-order valence-corrected chi connectivity index (χ3v) is 4.51. The lowest BCUT2D eigenvalue weighted by Crippen LogP contribution is -2.26. The van der Waals surface area contributed by atoms with Crippen LogP contribution in [0.2, 0.25) is 0 Å². The van der Waals surface area contributed by atoms with E-state index in [1.807, 2.05) is 49.6 Å². The molecule has 1 heterocycles. The van der Waals surface area contributed by atoms with Gasteiger partial charge in [0.15, 0.2) is 5.78 Å². The van der Waals surface area contributed by atoms with Crippen LogP contribution in [0.1, 0.15) is 26.7 Å². The van der Waals surface area contributed by atoms with Crippen molar-refractivity contribution in [2.75, 3.05) is 0 Å². The van der Waals surface area contributed by atoms with Gasteiger partial charge in [-0.2, -0.15) is 0 Å². The predicted octanol–water partition coefficient (Wildman–Crippen LogP) is 5.29. The number of hydrogen-bond donors (Lipinski definition) is 1. The van der Waals surface area contributed by atoms with Gasteiger partial charge in [0.05, 0.1) is 11.3 Å². The van der Waals surface area contributed by atoms with Crippen LogP contribution in [-0.2, 0) is 4.79 Å². The molecule has 0 atom stereocenters. The Kier molecular flexibility index (Phi) is 5.72. The molecule has 0 radical (unpaired) electrons. The minimum atomic E-state index is -0.194. The summed E-state index contributed by atoms with van der Waals surface area (Å²) in [5.74, 6) is 0.0529. The molecule has 3 rings (SSSR count). The molecule has 0 amide bonds. The van der Waals surface area contributed by atoms with E-state index in [9.17, 15) is 9.90 Å². The summed E-state index contributed by atoms with van der Waals surface area (Å²) in [7, 11) is 0. The molecule has 1 aromatic carbocycles. The molecule has 4 nitrogen and oxygen atoms in total. The minimum Gasteiger partial charge on any atom is -0.511 e. The number of allylic oxidation sites excluding steroid dienone is 2. The fourth-order valence-electron chi connectivity index (χ4n) is 2.63. The van der Waals surface area contributed by atoms with Gasteiger partial charge in [-0.25, -0.2) is 9.98 Å². The first-order valence-electron chi connectivity index (χ1n) is 7.45. The first-order valence-corrected chi connectivity index (χ1v) is 8.33. The van der Waals surface area contributed by atoms with E-state index < -0.39 is 0 Å². The van der Waals surface area contributed by atoms with Crippen LogP contribution < -0.4 is 0 Å². The maximum atomic E-state index is 12.1. The topological polar surface area (TPSA) is 62.5 Å². The lowest BCUT2D eigenvalue weighted by Gasteiger charge is -2.28. The number of aromatic nitrogens is 1. The van der Waals surface area contributed by atoms with Crippen LogP contribution in [0.4, 0.5) is 5.13 Å². The van der Waals surface area contributed by atoms with Crippen molar-refractivity contribution in [2.24, 2.45) is 10.4 Å². The summed E-state index contributed by atoms with van der Waals surface area (Å²) in [4.78, 5) is 20.9. The third-order valence-electron chi connectivity index (χ3n) is 3.76. The number of rotatable bonds is 3. The van der Waals surface area contributed by atoms with Crippen molar-refractivity contribution < 1.29 is 9.90 Å². The van der Waals surface area contributed by atoms with E-state index in [-0.39, 0.29) is 33.9 Å². The molecule has 6 heteroatoms. The Morgan fingerprint density at radius 3 is 2.62 bits per heavy atom. The number of benzene rings is 1. The molecule has 24 heavy (non-hydrogen) atoms. The Labute approximate surface area is 155 Å². The number of halogens is 1. The van der Waals surface area contributed by atoms with Gasteiger partial charge in [0, 0.05) is 30.0 Å². The molecule has 1 aromatic heterocycles. The monoisotopic (exact) mass is 406 g/mol. The maximum absolute atomic E-state index is 12.1. The van der Waals surface area contributed by atoms with E-state index in [0.717, 1.165) is 11.3 Å². The van der Waals surface area contributed by atoms with Crippen molar-refractivity contribution in [1.29, 1.82) is 0 Å². The fourth-order valence-corrected chi connectivity index (χ4v) is 3.30. The van der Waals surface area contributed by atoms with Crippen LogP contribution in [0.3, 0.4) is 0 Å². The SMILES string of the molecule is Br.CC1(C)CC(=O)C(C=Nc2nc(-c3ccccc3)cs2)=C(O)C1. The van der Waals surface area contributed by atoms with Crippen molar-refractivity contribution in [2.45, 2.75) is 26.7 Å². The molecule has 2 aromatic rings. The summed E-state index contributed by atoms with van der Waals surface area (Å²) in [5.41, 5.74) is 2.00. The van der Waals surface area contributed by atoms with Gasteiger partial charge in [-0.3, -0.25) is 4.79 Å². The molecule has 0 spiro atoms. The second-order valence-electron chi connectivity index (χ2n) is 6.44. The van der Waals surface area contributed by atoms with Gasteiger partial charge in [0.25, 0.3) is 0 Å². The van der Waals surface area contributed by atoms with Crippen LogP contribution >= 0.6 is 28.3 Å². The predicted molar refractivity (Wildman–Crippen MR) is 104 cm³/mol. The van der Waals surface area contributed by atoms with E-state index in [1.165, 1.54) is 17.6 Å². The van der Waals surface area contributed by atoms with Crippen LogP contribution in [0, 0.1) is 5.41 Å². The number of ketones is 1. The molecular formula is C18H19BrN2O2S. The van der Waals surface area contributed by atoms with E-state index in [4.69, 9.17) is 0 Å². The van der Waals surface area contributed by atoms with Crippen LogP contribution in [0.25, 0.3) is 11.3 Å². The number of carbonyl (C=O) groups is 1. The van der Waals surface area contributed by atoms with E-state index in [0.29, 0.717) is 23.5 Å². The lowest BCUT2D eigenvalue weighted by atomic mass is 9.77. The van der Waals surface area contributed by atoms with Crippen molar-refractivity contribution >= 4 is 45.4 Å². The lowest BCUT2D eigenvalue weighted by molar-refractivity contribution is -0.117. The van der Waals surface area contributed by atoms with Gasteiger partial charge in [-0.1, -0.05) is 44.2 Å². The van der Waals surface area contributed by atoms with E-state index in [1.54, 1.807) is 0 Å². The molecule has 126 valence electrons. The van der Waals surface area contributed by atoms with Crippen molar-refractivity contribution in [3.8, 4) is 11.3 Å². The van der Waals surface area contributed by atoms with Gasteiger partial charge >= 0.3 is 0 Å². The quantitative estimate of drug-likeness (QED) is 0.703. The molecule has 1 aliphatic carbocycles. The Morgan fingerprint density at radius 1 is 1.25 bits per heavy atom. The number of aliphatic hydroxyl groups is 1. The Balaban J connectivity index is 0.00000208. The highest BCUT2D eigenvalue weighted by Gasteiger charge is 2.32. The van der Waals surface area contributed by atoms with Crippen molar-refractivity contribution in [1.82, 2.24) is 4.98 Å². The standard InChI is InChI=1S/C18H18N2O2S.BrH/c1-18(2)8-15(21)13(16(22)9-18)10-19-17-20-14(11-23-17)12-6-4-3-5-7-12;/h3-7,10-11,21H,8-9H2,1-2H3;1H. The smallest absolute Gasteiger partial charge is 0.209 e. The van der Waals surface area contributed by atoms with Crippen LogP contribution in [-0.4, -0.2) is 22.1 Å². The Hall–Kier alpha value is -1.79. The number of hydrogen-bond acceptors (Lipinski definition) is 5. The fraction of sp³-hybridized carbons (Fsp3) is 0.278. The summed E-state index contributed by atoms with van der Waals surface area (Å²) in [5, 5.41) is 12.6. The summed E-state index contributed by atoms with van der Waals surface area (Å²) < 4.78 is 0. The summed E-state index contributed by atoms with van der Waals surface area (Å²) in [6.45, 7) is 3.95. The largest absolute Gasteiger partial charge is 0.511 e. The minimum absolute atomic E-state index is 0. The molecule has 0 aliphatic heterocycles. The third kappa shape index (κ3) is 4.19. The first-order chi connectivity index (χ1) is 10.9. The average molecular weight is 407 g/mol. The number of carbonyl (C=O) groups excluding carboxylic acids is 1. The number of nitrogens with zero attached hydrogens (tertiary/aromatic N) is 2. The number of aliphatic imine (C=N–C) groups is 1. The molecule has 0 fully saturated rings.